The molecule has 0 bridgehead atoms. The number of aromatic nitrogens is 5. The number of amides is 2. The molecule has 45 heavy (non-hydrogen) atoms. The van der Waals surface area contributed by atoms with Gasteiger partial charge in [0.15, 0.2) is 10.8 Å². The minimum Gasteiger partial charge on any atom is -0.478 e. The Morgan fingerprint density at radius 3 is 2.60 bits per heavy atom. The van der Waals surface area contributed by atoms with Gasteiger partial charge in [0.2, 0.25) is 16.4 Å². The van der Waals surface area contributed by atoms with E-state index >= 15 is 0 Å². The van der Waals surface area contributed by atoms with Gasteiger partial charge >= 0.3 is 17.9 Å². The number of aliphatic carboxylic acids is 2. The highest BCUT2D eigenvalue weighted by atomic mass is 32.2. The number of thiazole rings is 1. The summed E-state index contributed by atoms with van der Waals surface area (Å²) in [6.07, 6.45) is 0. The van der Waals surface area contributed by atoms with Gasteiger partial charge in [0.1, 0.15) is 28.6 Å². The summed E-state index contributed by atoms with van der Waals surface area (Å²) >= 11 is 3.46. The van der Waals surface area contributed by atoms with E-state index in [9.17, 15) is 29.4 Å². The van der Waals surface area contributed by atoms with Crippen LogP contribution in [0.1, 0.15) is 25.1 Å². The number of anilines is 3. The van der Waals surface area contributed by atoms with Gasteiger partial charge in [-0.15, -0.1) is 23.1 Å². The Kier molecular flexibility index (Phi) is 8.27. The lowest BCUT2D eigenvalue weighted by Crippen LogP contribution is -2.71. The Bertz CT molecular complexity index is 1830. The number of thioether (sulfide) groups is 2. The number of rotatable bonds is 10. The largest absolute Gasteiger partial charge is 0.478 e. The lowest BCUT2D eigenvalue weighted by Gasteiger charge is -2.49. The molecule has 1 fully saturated rings. The number of fused-ring (bicyclic) bond motifs is 2. The predicted octanol–water partition coefficient (Wildman–Crippen LogP) is -0.820. The van der Waals surface area contributed by atoms with Gasteiger partial charge in [0.05, 0.1) is 12.6 Å². The van der Waals surface area contributed by atoms with Crippen LogP contribution in [0.5, 0.6) is 0 Å². The second kappa shape index (κ2) is 11.7. The van der Waals surface area contributed by atoms with Gasteiger partial charge in [0, 0.05) is 22.0 Å². The van der Waals surface area contributed by atoms with Crippen LogP contribution in [0.2, 0.25) is 0 Å². The number of aryl methyl sites for hydroxylation is 2. The summed E-state index contributed by atoms with van der Waals surface area (Å²) in [6.45, 7) is 4.26. The maximum Gasteiger partial charge on any atom is 0.376 e. The van der Waals surface area contributed by atoms with Gasteiger partial charge in [0.25, 0.3) is 11.8 Å². The first-order valence-corrected chi connectivity index (χ1v) is 15.9. The quantitative estimate of drug-likeness (QED) is 0.0382. The first-order valence-electron chi connectivity index (χ1n) is 13.0. The highest BCUT2D eigenvalue weighted by molar-refractivity contribution is 8.01. The zero-order chi connectivity index (χ0) is 33.0. The topological polar surface area (TPSA) is 271 Å². The third-order valence-corrected chi connectivity index (χ3v) is 9.98. The summed E-state index contributed by atoms with van der Waals surface area (Å²) in [6, 6.07) is -1.11. The molecule has 2 amide bonds. The van der Waals surface area contributed by atoms with Crippen molar-refractivity contribution in [1.82, 2.24) is 29.8 Å². The minimum absolute atomic E-state index is 0.00791. The fourth-order valence-electron chi connectivity index (χ4n) is 4.41. The summed E-state index contributed by atoms with van der Waals surface area (Å²) < 4.78 is 3.19. The molecule has 2 aliphatic heterocycles. The van der Waals surface area contributed by atoms with Crippen LogP contribution in [0.4, 0.5) is 16.9 Å². The van der Waals surface area contributed by atoms with E-state index in [2.05, 4.69) is 25.5 Å². The van der Waals surface area contributed by atoms with E-state index in [1.165, 1.54) is 47.3 Å². The van der Waals surface area contributed by atoms with Crippen molar-refractivity contribution in [1.29, 1.82) is 0 Å². The molecule has 1 saturated heterocycles. The number of nitrogen functional groups attached to an aromatic ring is 3. The van der Waals surface area contributed by atoms with Crippen LogP contribution in [0.3, 0.4) is 0 Å². The third kappa shape index (κ3) is 5.68. The van der Waals surface area contributed by atoms with Gasteiger partial charge in [-0.25, -0.2) is 19.1 Å². The highest BCUT2D eigenvalue weighted by Gasteiger charge is 2.54. The molecule has 238 valence electrons. The lowest BCUT2D eigenvalue weighted by atomic mass is 10.0. The smallest absolute Gasteiger partial charge is 0.376 e. The molecule has 9 N–H and O–H groups in total. The van der Waals surface area contributed by atoms with Crippen molar-refractivity contribution in [3.8, 4) is 0 Å². The molecular formula is C24H28N11O7S3+. The van der Waals surface area contributed by atoms with Crippen LogP contribution in [-0.4, -0.2) is 92.7 Å². The molecule has 0 spiro atoms. The second-order valence-corrected chi connectivity index (χ2v) is 13.3. The fraction of sp³-hybridized carbons (Fsp3) is 0.375. The molecular weight excluding hydrogens is 651 g/mol. The van der Waals surface area contributed by atoms with Gasteiger partial charge in [-0.05, 0) is 26.3 Å². The van der Waals surface area contributed by atoms with Crippen LogP contribution in [0.25, 0.3) is 5.65 Å². The highest BCUT2D eigenvalue weighted by Crippen LogP contribution is 2.41. The minimum atomic E-state index is -1.78. The maximum absolute atomic E-state index is 13.3. The van der Waals surface area contributed by atoms with E-state index in [1.54, 1.807) is 18.5 Å². The van der Waals surface area contributed by atoms with E-state index in [1.807, 2.05) is 0 Å². The zero-order valence-electron chi connectivity index (χ0n) is 24.2. The number of nitrogens with one attached hydrogen (secondary N) is 1. The van der Waals surface area contributed by atoms with Gasteiger partial charge < -0.3 is 37.6 Å². The van der Waals surface area contributed by atoms with Crippen LogP contribution >= 0.6 is 34.9 Å². The molecule has 18 nitrogen and oxygen atoms in total. The summed E-state index contributed by atoms with van der Waals surface area (Å²) in [5.41, 5.74) is 17.2. The standard InChI is InChI=1S/C24H27N11O7S3/c1-8-14(25)30-23(35-16(8)33(4)21(26)31-35)45-6-9-5-43-18-12(17(37)34(18)13(9)19(38)39)29-15(36)11(10-7-44-22(27)28-10)32-42-24(2,3)20(40)41/h7,12,18,25H,5-6H2,1-4H3,(H7,26,27,28,29,31,36,38,39,40,41)/p+1/b32-11-/t12?,18-/m1/s1. The molecule has 2 aliphatic rings. The monoisotopic (exact) mass is 678 g/mol. The zero-order valence-corrected chi connectivity index (χ0v) is 26.6. The van der Waals surface area contributed by atoms with Crippen molar-refractivity contribution in [2.24, 2.45) is 12.2 Å². The van der Waals surface area contributed by atoms with Gasteiger partial charge in [-0.1, -0.05) is 21.4 Å². The Morgan fingerprint density at radius 1 is 1.27 bits per heavy atom. The number of oxime groups is 1. The molecule has 5 rings (SSSR count). The molecule has 1 unspecified atom stereocenters. The summed E-state index contributed by atoms with van der Waals surface area (Å²) in [7, 11) is 1.73. The summed E-state index contributed by atoms with van der Waals surface area (Å²) in [5.74, 6) is -3.31. The molecule has 5 heterocycles. The number of carbonyl (C=O) groups is 4. The predicted molar refractivity (Wildman–Crippen MR) is 164 cm³/mol. The molecule has 0 saturated carbocycles. The van der Waals surface area contributed by atoms with Crippen molar-refractivity contribution in [3.63, 3.8) is 0 Å². The molecule has 21 heteroatoms. The molecule has 0 aliphatic carbocycles. The normalized spacial score (nSPS) is 18.5. The number of β-lactam (4-membered cyclic amide) rings is 1. The summed E-state index contributed by atoms with van der Waals surface area (Å²) in [5, 5.41) is 31.2. The average molecular weight is 679 g/mol. The maximum atomic E-state index is 13.3. The second-order valence-electron chi connectivity index (χ2n) is 10.4. The van der Waals surface area contributed by atoms with E-state index in [-0.39, 0.29) is 39.8 Å². The SMILES string of the molecule is Cc1c(N)nc(SCC2=C(C(=O)O)N3C(=O)C(NC(=O)/C(=N\OC(C)(C)C(=O)O)c4csc(N)n4)[C@H]3SC2)n2nc(N)[n+](C)c12. The van der Waals surface area contributed by atoms with Crippen molar-refractivity contribution in [3.05, 3.63) is 27.9 Å². The number of carboxylic acids is 2. The van der Waals surface area contributed by atoms with Crippen LogP contribution in [-0.2, 0) is 31.1 Å². The molecule has 3 aromatic rings. The van der Waals surface area contributed by atoms with Crippen molar-refractivity contribution in [2.45, 2.75) is 42.9 Å². The Balaban J connectivity index is 1.36. The molecule has 2 atom stereocenters. The first-order chi connectivity index (χ1) is 21.1. The van der Waals surface area contributed by atoms with Gasteiger partial charge in [-0.3, -0.25) is 14.5 Å². The lowest BCUT2D eigenvalue weighted by molar-refractivity contribution is -0.631. The summed E-state index contributed by atoms with van der Waals surface area (Å²) in [4.78, 5) is 65.1. The van der Waals surface area contributed by atoms with E-state index in [4.69, 9.17) is 22.0 Å². The fourth-order valence-corrected chi connectivity index (χ4v) is 7.39. The number of hydrogen-bond acceptors (Lipinski definition) is 15. The number of nitrogens with two attached hydrogens (primary N) is 3. The molecule has 0 aromatic carbocycles. The van der Waals surface area contributed by atoms with Gasteiger partial charge in [-0.2, -0.15) is 4.98 Å². The van der Waals surface area contributed by atoms with Crippen LogP contribution in [0.15, 0.2) is 27.0 Å². The first kappa shape index (κ1) is 31.8. The molecule has 0 radical (unpaired) electrons. The third-order valence-electron chi connectivity index (χ3n) is 6.95. The number of carboxylic acid groups (broad SMARTS) is 2. The van der Waals surface area contributed by atoms with E-state index in [0.29, 0.717) is 21.9 Å². The Hall–Kier alpha value is -4.63. The van der Waals surface area contributed by atoms with Crippen LogP contribution in [0, 0.1) is 6.92 Å². The van der Waals surface area contributed by atoms with Crippen LogP contribution < -0.4 is 27.1 Å². The Morgan fingerprint density at radius 2 is 1.98 bits per heavy atom. The number of nitrogens with zero attached hydrogens (tertiary/aromatic N) is 7. The average Bonchev–Trinajstić information content (AvgIpc) is 3.54. The van der Waals surface area contributed by atoms with Crippen molar-refractivity contribution < 1.29 is 38.8 Å². The van der Waals surface area contributed by atoms with Crippen molar-refractivity contribution >= 4 is 86.9 Å². The van der Waals surface area contributed by atoms with Crippen molar-refractivity contribution in [2.75, 3.05) is 28.7 Å². The number of hydrogen-bond donors (Lipinski definition) is 6. The van der Waals surface area contributed by atoms with E-state index < -0.39 is 46.5 Å². The molecule has 3 aromatic heterocycles. The van der Waals surface area contributed by atoms with E-state index in [0.717, 1.165) is 16.2 Å². The number of carbonyl (C=O) groups excluding carboxylic acids is 2. The Labute approximate surface area is 266 Å².